The maximum absolute atomic E-state index is 12.5. The normalized spacial score (nSPS) is 10.9. The highest BCUT2D eigenvalue weighted by Gasteiger charge is 2.14. The Labute approximate surface area is 158 Å². The Balaban J connectivity index is 1.70. The van der Waals surface area contributed by atoms with Gasteiger partial charge in [-0.15, -0.1) is 10.2 Å². The maximum atomic E-state index is 12.5. The summed E-state index contributed by atoms with van der Waals surface area (Å²) in [6, 6.07) is 16.1. The fourth-order valence-electron chi connectivity index (χ4n) is 2.78. The average Bonchev–Trinajstić information content (AvgIpc) is 3.04. The van der Waals surface area contributed by atoms with E-state index in [2.05, 4.69) is 40.7 Å². The monoisotopic (exact) mass is 365 g/mol. The van der Waals surface area contributed by atoms with Crippen molar-refractivity contribution < 1.29 is 4.79 Å². The lowest BCUT2D eigenvalue weighted by Gasteiger charge is -2.08. The van der Waals surface area contributed by atoms with Crippen molar-refractivity contribution in [2.45, 2.75) is 38.9 Å². The molecule has 5 heteroatoms. The molecule has 0 fully saturated rings. The van der Waals surface area contributed by atoms with Crippen molar-refractivity contribution in [2.75, 3.05) is 5.75 Å². The number of ketones is 1. The first-order chi connectivity index (χ1) is 12.6. The smallest absolute Gasteiger partial charge is 0.191 e. The molecule has 3 aromatic rings. The summed E-state index contributed by atoms with van der Waals surface area (Å²) < 4.78 is 2.09. The van der Waals surface area contributed by atoms with Gasteiger partial charge in [-0.05, 0) is 43.5 Å². The lowest BCUT2D eigenvalue weighted by atomic mass is 10.0. The minimum Gasteiger partial charge on any atom is -0.306 e. The topological polar surface area (TPSA) is 47.8 Å². The number of benzene rings is 2. The van der Waals surface area contributed by atoms with Crippen LogP contribution in [-0.4, -0.2) is 26.3 Å². The number of hydrogen-bond acceptors (Lipinski definition) is 4. The van der Waals surface area contributed by atoms with Crippen LogP contribution in [0.3, 0.4) is 0 Å². The van der Waals surface area contributed by atoms with Crippen molar-refractivity contribution in [1.82, 2.24) is 14.8 Å². The van der Waals surface area contributed by atoms with Crippen LogP contribution in [0.25, 0.3) is 0 Å². The van der Waals surface area contributed by atoms with E-state index in [1.54, 1.807) is 0 Å². The van der Waals surface area contributed by atoms with Crippen LogP contribution in [0.15, 0.2) is 53.7 Å². The van der Waals surface area contributed by atoms with Gasteiger partial charge in [-0.25, -0.2) is 0 Å². The van der Waals surface area contributed by atoms with E-state index in [0.717, 1.165) is 35.1 Å². The molecule has 0 unspecified atom stereocenters. The number of aromatic nitrogens is 3. The molecule has 0 radical (unpaired) electrons. The number of aryl methyl sites for hydroxylation is 2. The first-order valence-corrected chi connectivity index (χ1v) is 9.76. The zero-order chi connectivity index (χ0) is 18.5. The van der Waals surface area contributed by atoms with Gasteiger partial charge >= 0.3 is 0 Å². The van der Waals surface area contributed by atoms with Gasteiger partial charge in [0, 0.05) is 18.5 Å². The molecule has 1 aromatic heterocycles. The van der Waals surface area contributed by atoms with Gasteiger partial charge in [0.05, 0.1) is 5.75 Å². The summed E-state index contributed by atoms with van der Waals surface area (Å²) in [5.74, 6) is 1.42. The number of Topliss-reactive ketones (excluding diaryl/α,β-unsaturated/α-hetero) is 1. The highest BCUT2D eigenvalue weighted by molar-refractivity contribution is 7.99. The fraction of sp³-hybridized carbons (Fsp3) is 0.286. The lowest BCUT2D eigenvalue weighted by molar-refractivity contribution is 0.102. The molecule has 0 aliphatic rings. The van der Waals surface area contributed by atoms with Crippen molar-refractivity contribution in [1.29, 1.82) is 0 Å². The lowest BCUT2D eigenvalue weighted by Crippen LogP contribution is -2.07. The van der Waals surface area contributed by atoms with E-state index >= 15 is 0 Å². The Morgan fingerprint density at radius 1 is 1.04 bits per heavy atom. The largest absolute Gasteiger partial charge is 0.306 e. The van der Waals surface area contributed by atoms with Crippen molar-refractivity contribution in [2.24, 2.45) is 0 Å². The molecule has 3 rings (SSSR count). The Morgan fingerprint density at radius 2 is 1.81 bits per heavy atom. The number of carbonyl (C=O) groups is 1. The molecule has 0 aliphatic carbocycles. The third-order valence-corrected chi connectivity index (χ3v) is 5.44. The predicted octanol–water partition coefficient (Wildman–Crippen LogP) is 4.48. The minimum absolute atomic E-state index is 0.119. The van der Waals surface area contributed by atoms with Gasteiger partial charge in [-0.3, -0.25) is 4.79 Å². The molecular weight excluding hydrogens is 342 g/mol. The van der Waals surface area contributed by atoms with E-state index in [4.69, 9.17) is 0 Å². The molecule has 0 spiro atoms. The van der Waals surface area contributed by atoms with Crippen molar-refractivity contribution >= 4 is 17.5 Å². The van der Waals surface area contributed by atoms with E-state index in [1.165, 1.54) is 22.9 Å². The minimum atomic E-state index is 0.119. The summed E-state index contributed by atoms with van der Waals surface area (Å²) in [7, 11) is 0. The average molecular weight is 366 g/mol. The van der Waals surface area contributed by atoms with Crippen LogP contribution in [0.2, 0.25) is 0 Å². The summed E-state index contributed by atoms with van der Waals surface area (Å²) in [5.41, 5.74) is 4.30. The summed E-state index contributed by atoms with van der Waals surface area (Å²) in [5, 5.41) is 9.45. The molecule has 4 nitrogen and oxygen atoms in total. The van der Waals surface area contributed by atoms with E-state index in [0.29, 0.717) is 5.75 Å². The van der Waals surface area contributed by atoms with E-state index in [1.807, 2.05) is 43.3 Å². The van der Waals surface area contributed by atoms with Crippen LogP contribution in [0.4, 0.5) is 0 Å². The molecule has 0 bridgehead atoms. The van der Waals surface area contributed by atoms with Gasteiger partial charge in [-0.1, -0.05) is 54.2 Å². The number of carbonyl (C=O) groups excluding carboxylic acids is 1. The highest BCUT2D eigenvalue weighted by Crippen LogP contribution is 2.21. The van der Waals surface area contributed by atoms with Gasteiger partial charge in [-0.2, -0.15) is 0 Å². The molecule has 1 heterocycles. The second-order valence-corrected chi connectivity index (χ2v) is 7.26. The van der Waals surface area contributed by atoms with Crippen LogP contribution in [0.5, 0.6) is 0 Å². The first-order valence-electron chi connectivity index (χ1n) is 8.77. The highest BCUT2D eigenvalue weighted by atomic mass is 32.2. The Hall–Kier alpha value is -2.40. The first kappa shape index (κ1) is 18.4. The zero-order valence-corrected chi connectivity index (χ0v) is 16.2. The van der Waals surface area contributed by atoms with Crippen molar-refractivity contribution in [3.05, 3.63) is 76.6 Å². The molecular formula is C21H23N3OS. The van der Waals surface area contributed by atoms with Gasteiger partial charge in [0.25, 0.3) is 0 Å². The Morgan fingerprint density at radius 3 is 2.50 bits per heavy atom. The van der Waals surface area contributed by atoms with Crippen LogP contribution in [-0.2, 0) is 13.0 Å². The molecule has 0 saturated carbocycles. The summed E-state index contributed by atoms with van der Waals surface area (Å²) in [6.45, 7) is 6.95. The predicted molar refractivity (Wildman–Crippen MR) is 106 cm³/mol. The van der Waals surface area contributed by atoms with Crippen molar-refractivity contribution in [3.8, 4) is 0 Å². The molecule has 0 atom stereocenters. The van der Waals surface area contributed by atoms with Crippen LogP contribution >= 0.6 is 11.8 Å². The van der Waals surface area contributed by atoms with Crippen LogP contribution in [0, 0.1) is 13.8 Å². The summed E-state index contributed by atoms with van der Waals surface area (Å²) >= 11 is 1.46. The molecule has 26 heavy (non-hydrogen) atoms. The van der Waals surface area contributed by atoms with Crippen LogP contribution in [0.1, 0.15) is 39.8 Å². The van der Waals surface area contributed by atoms with Gasteiger partial charge in [0.2, 0.25) is 0 Å². The summed E-state index contributed by atoms with van der Waals surface area (Å²) in [6.07, 6.45) is 0.743. The fourth-order valence-corrected chi connectivity index (χ4v) is 3.70. The Kier molecular flexibility index (Phi) is 5.89. The number of thioether (sulfide) groups is 1. The molecule has 0 amide bonds. The van der Waals surface area contributed by atoms with Gasteiger partial charge < -0.3 is 4.57 Å². The van der Waals surface area contributed by atoms with E-state index in [9.17, 15) is 4.79 Å². The molecule has 2 aromatic carbocycles. The van der Waals surface area contributed by atoms with Crippen molar-refractivity contribution in [3.63, 3.8) is 0 Å². The Bertz CT molecular complexity index is 903. The van der Waals surface area contributed by atoms with Gasteiger partial charge in [0.1, 0.15) is 5.82 Å². The molecule has 0 aliphatic heterocycles. The summed E-state index contributed by atoms with van der Waals surface area (Å²) in [4.78, 5) is 12.5. The zero-order valence-electron chi connectivity index (χ0n) is 15.4. The third-order valence-electron chi connectivity index (χ3n) is 4.48. The maximum Gasteiger partial charge on any atom is 0.191 e. The molecule has 134 valence electrons. The SMILES string of the molecule is CCn1c(Cc2ccccc2)nnc1SCC(=O)c1ccc(C)c(C)c1. The third kappa shape index (κ3) is 4.22. The number of nitrogens with zero attached hydrogens (tertiary/aromatic N) is 3. The van der Waals surface area contributed by atoms with Gasteiger partial charge in [0.15, 0.2) is 10.9 Å². The second-order valence-electron chi connectivity index (χ2n) is 6.32. The standard InChI is InChI=1S/C21H23N3OS/c1-4-24-20(13-17-8-6-5-7-9-17)22-23-21(24)26-14-19(25)18-11-10-15(2)16(3)12-18/h5-12H,4,13-14H2,1-3H3. The van der Waals surface area contributed by atoms with Crippen LogP contribution < -0.4 is 0 Å². The van der Waals surface area contributed by atoms with E-state index in [-0.39, 0.29) is 5.78 Å². The molecule has 0 N–H and O–H groups in total. The quantitative estimate of drug-likeness (QED) is 0.457. The molecule has 0 saturated heterocycles. The number of rotatable bonds is 7. The second kappa shape index (κ2) is 8.32. The van der Waals surface area contributed by atoms with E-state index < -0.39 is 0 Å². The number of hydrogen-bond donors (Lipinski definition) is 0.